The molecule has 0 rings (SSSR count). The fraction of sp³-hybridized carbons (Fsp3) is 0.757. The first-order valence-corrected chi connectivity index (χ1v) is 17.4. The predicted molar refractivity (Wildman–Crippen MR) is 179 cm³/mol. The summed E-state index contributed by atoms with van der Waals surface area (Å²) in [6, 6.07) is -0.644. The summed E-state index contributed by atoms with van der Waals surface area (Å²) in [6.45, 7) is 4.22. The van der Waals surface area contributed by atoms with Crippen molar-refractivity contribution in [3.05, 3.63) is 48.6 Å². The standard InChI is InChI=1S/C37H67NO3/c1-3-5-7-9-11-13-15-17-19-20-22-24-26-28-30-32-36(40)35(34-39)38-37(41)33-31-29-27-25-23-21-18-16-14-12-10-8-6-4-2/h10,12,16,18,22,24,30,32,35-36,39-40H,3-9,11,13-15,17,19-21,23,25-29,31,33-34H2,1-2H3,(H,38,41)/b12-10-,18-16-,24-22+,32-30+. The van der Waals surface area contributed by atoms with E-state index in [1.807, 2.05) is 6.08 Å². The summed E-state index contributed by atoms with van der Waals surface area (Å²) in [5, 5.41) is 22.8. The number of nitrogens with one attached hydrogen (secondary N) is 1. The molecule has 0 fully saturated rings. The Bertz CT molecular complexity index is 667. The fourth-order valence-corrected chi connectivity index (χ4v) is 4.80. The van der Waals surface area contributed by atoms with Crippen molar-refractivity contribution in [3.8, 4) is 0 Å². The van der Waals surface area contributed by atoms with Gasteiger partial charge in [0.1, 0.15) is 0 Å². The van der Waals surface area contributed by atoms with Crippen molar-refractivity contribution < 1.29 is 15.0 Å². The molecule has 2 atom stereocenters. The van der Waals surface area contributed by atoms with Gasteiger partial charge < -0.3 is 15.5 Å². The Balaban J connectivity index is 3.74. The van der Waals surface area contributed by atoms with E-state index in [0.717, 1.165) is 51.4 Å². The van der Waals surface area contributed by atoms with Crippen LogP contribution in [-0.2, 0) is 4.79 Å². The van der Waals surface area contributed by atoms with E-state index in [2.05, 4.69) is 55.6 Å². The number of amides is 1. The van der Waals surface area contributed by atoms with Crippen LogP contribution in [0.15, 0.2) is 48.6 Å². The Labute approximate surface area is 254 Å². The third-order valence-electron chi connectivity index (χ3n) is 7.53. The number of carbonyl (C=O) groups is 1. The maximum absolute atomic E-state index is 12.3. The normalized spacial score (nSPS) is 13.8. The molecule has 4 nitrogen and oxygen atoms in total. The maximum Gasteiger partial charge on any atom is 0.220 e. The lowest BCUT2D eigenvalue weighted by Crippen LogP contribution is -2.45. The number of allylic oxidation sites excluding steroid dienone is 7. The van der Waals surface area contributed by atoms with Gasteiger partial charge in [-0.1, -0.05) is 146 Å². The predicted octanol–water partition coefficient (Wildman–Crippen LogP) is 10.1. The van der Waals surface area contributed by atoms with Crippen molar-refractivity contribution in [1.82, 2.24) is 5.32 Å². The van der Waals surface area contributed by atoms with Gasteiger partial charge in [-0.15, -0.1) is 0 Å². The van der Waals surface area contributed by atoms with Gasteiger partial charge in [0.25, 0.3) is 0 Å². The highest BCUT2D eigenvalue weighted by molar-refractivity contribution is 5.76. The summed E-state index contributed by atoms with van der Waals surface area (Å²) in [6.07, 6.45) is 43.3. The number of aliphatic hydroxyl groups is 2. The molecule has 0 heterocycles. The lowest BCUT2D eigenvalue weighted by Gasteiger charge is -2.19. The first kappa shape index (κ1) is 39.4. The van der Waals surface area contributed by atoms with Gasteiger partial charge >= 0.3 is 0 Å². The van der Waals surface area contributed by atoms with Crippen LogP contribution >= 0.6 is 0 Å². The van der Waals surface area contributed by atoms with Crippen molar-refractivity contribution in [2.45, 2.75) is 174 Å². The first-order valence-electron chi connectivity index (χ1n) is 17.4. The van der Waals surface area contributed by atoms with Gasteiger partial charge in [-0.25, -0.2) is 0 Å². The van der Waals surface area contributed by atoms with E-state index < -0.39 is 12.1 Å². The van der Waals surface area contributed by atoms with Crippen molar-refractivity contribution in [1.29, 1.82) is 0 Å². The molecule has 0 saturated heterocycles. The largest absolute Gasteiger partial charge is 0.394 e. The first-order chi connectivity index (χ1) is 20.2. The average Bonchev–Trinajstić information content (AvgIpc) is 2.97. The van der Waals surface area contributed by atoms with Crippen LogP contribution in [0.25, 0.3) is 0 Å². The van der Waals surface area contributed by atoms with Gasteiger partial charge in [0.15, 0.2) is 0 Å². The Kier molecular flexibility index (Phi) is 31.5. The van der Waals surface area contributed by atoms with E-state index in [9.17, 15) is 15.0 Å². The van der Waals surface area contributed by atoms with Crippen LogP contribution < -0.4 is 5.32 Å². The summed E-state index contributed by atoms with van der Waals surface area (Å²) < 4.78 is 0. The van der Waals surface area contributed by atoms with Crippen molar-refractivity contribution in [2.75, 3.05) is 6.61 Å². The lowest BCUT2D eigenvalue weighted by atomic mass is 10.1. The Hall–Kier alpha value is -1.65. The zero-order valence-corrected chi connectivity index (χ0v) is 27.0. The smallest absolute Gasteiger partial charge is 0.220 e. The van der Waals surface area contributed by atoms with Crippen LogP contribution in [0.1, 0.15) is 162 Å². The highest BCUT2D eigenvalue weighted by Gasteiger charge is 2.17. The molecule has 2 unspecified atom stereocenters. The van der Waals surface area contributed by atoms with Crippen LogP contribution in [0.5, 0.6) is 0 Å². The molecular weight excluding hydrogens is 506 g/mol. The molecule has 1 amide bonds. The molecule has 0 spiro atoms. The molecule has 0 saturated carbocycles. The zero-order chi connectivity index (χ0) is 30.1. The highest BCUT2D eigenvalue weighted by atomic mass is 16.3. The van der Waals surface area contributed by atoms with Gasteiger partial charge in [-0.2, -0.15) is 0 Å². The van der Waals surface area contributed by atoms with Gasteiger partial charge in [-0.3, -0.25) is 4.79 Å². The molecule has 0 aromatic carbocycles. The number of rotatable bonds is 30. The summed E-state index contributed by atoms with van der Waals surface area (Å²) in [5.74, 6) is -0.0918. The van der Waals surface area contributed by atoms with Crippen LogP contribution in [0.2, 0.25) is 0 Å². The average molecular weight is 574 g/mol. The summed E-state index contributed by atoms with van der Waals surface area (Å²) >= 11 is 0. The molecule has 0 bridgehead atoms. The van der Waals surface area contributed by atoms with E-state index in [1.54, 1.807) is 6.08 Å². The summed E-state index contributed by atoms with van der Waals surface area (Å²) in [7, 11) is 0. The van der Waals surface area contributed by atoms with Gasteiger partial charge in [-0.05, 0) is 57.8 Å². The minimum absolute atomic E-state index is 0.0918. The second-order valence-electron chi connectivity index (χ2n) is 11.6. The Morgan fingerprint density at radius 3 is 1.63 bits per heavy atom. The molecule has 0 aliphatic rings. The quantitative estimate of drug-likeness (QED) is 0.0591. The number of aliphatic hydroxyl groups excluding tert-OH is 2. The number of unbranched alkanes of at least 4 members (excludes halogenated alkanes) is 17. The van der Waals surface area contributed by atoms with Crippen LogP contribution in [0, 0.1) is 0 Å². The second kappa shape index (κ2) is 32.9. The molecular formula is C37H67NO3. The van der Waals surface area contributed by atoms with Crippen molar-refractivity contribution >= 4 is 5.91 Å². The third-order valence-corrected chi connectivity index (χ3v) is 7.53. The maximum atomic E-state index is 12.3. The van der Waals surface area contributed by atoms with Crippen molar-refractivity contribution in [2.24, 2.45) is 0 Å². The van der Waals surface area contributed by atoms with Crippen LogP contribution in [0.4, 0.5) is 0 Å². The van der Waals surface area contributed by atoms with Gasteiger partial charge in [0.05, 0.1) is 18.8 Å². The van der Waals surface area contributed by atoms with Gasteiger partial charge in [0.2, 0.25) is 5.91 Å². The monoisotopic (exact) mass is 574 g/mol. The molecule has 3 N–H and O–H groups in total. The van der Waals surface area contributed by atoms with Crippen molar-refractivity contribution in [3.63, 3.8) is 0 Å². The van der Waals surface area contributed by atoms with Crippen LogP contribution in [-0.4, -0.2) is 34.9 Å². The molecule has 0 aliphatic carbocycles. The van der Waals surface area contributed by atoms with E-state index >= 15 is 0 Å². The fourth-order valence-electron chi connectivity index (χ4n) is 4.80. The summed E-state index contributed by atoms with van der Waals surface area (Å²) in [5.41, 5.74) is 0. The Morgan fingerprint density at radius 1 is 0.585 bits per heavy atom. The van der Waals surface area contributed by atoms with Gasteiger partial charge in [0, 0.05) is 6.42 Å². The highest BCUT2D eigenvalue weighted by Crippen LogP contribution is 2.11. The Morgan fingerprint density at radius 2 is 1.05 bits per heavy atom. The molecule has 0 aromatic rings. The molecule has 0 aliphatic heterocycles. The lowest BCUT2D eigenvalue weighted by molar-refractivity contribution is -0.123. The number of hydrogen-bond acceptors (Lipinski definition) is 3. The minimum atomic E-state index is -0.866. The molecule has 0 radical (unpaired) electrons. The summed E-state index contributed by atoms with van der Waals surface area (Å²) in [4.78, 5) is 12.3. The number of hydrogen-bond donors (Lipinski definition) is 3. The van der Waals surface area contributed by atoms with E-state index in [4.69, 9.17) is 0 Å². The molecule has 41 heavy (non-hydrogen) atoms. The van der Waals surface area contributed by atoms with E-state index in [-0.39, 0.29) is 12.5 Å². The molecule has 238 valence electrons. The minimum Gasteiger partial charge on any atom is -0.394 e. The van der Waals surface area contributed by atoms with Crippen LogP contribution in [0.3, 0.4) is 0 Å². The van der Waals surface area contributed by atoms with E-state index in [1.165, 1.54) is 89.9 Å². The SMILES string of the molecule is CCCC/C=C\C/C=C\CCCCCCCC(=O)NC(CO)C(O)/C=C/CC/C=C/CCCCCCCCCCC. The van der Waals surface area contributed by atoms with E-state index in [0.29, 0.717) is 6.42 Å². The zero-order valence-electron chi connectivity index (χ0n) is 27.0. The molecule has 4 heteroatoms. The third kappa shape index (κ3) is 29.6. The number of carbonyl (C=O) groups excluding carboxylic acids is 1. The topological polar surface area (TPSA) is 69.6 Å². The molecule has 0 aromatic heterocycles. The second-order valence-corrected chi connectivity index (χ2v) is 11.6.